The Morgan fingerprint density at radius 1 is 0.842 bits per heavy atom. The van der Waals surface area contributed by atoms with Crippen molar-refractivity contribution in [1.82, 2.24) is 19.9 Å². The third-order valence-corrected chi connectivity index (χ3v) is 2.48. The van der Waals surface area contributed by atoms with Crippen LogP contribution in [0.15, 0.2) is 33.7 Å². The lowest BCUT2D eigenvalue weighted by molar-refractivity contribution is -0.145. The lowest BCUT2D eigenvalue weighted by atomic mass is 10.5. The molecular formula is C9H4Br2ClF3N4. The zero-order valence-electron chi connectivity index (χ0n) is 8.87. The highest BCUT2D eigenvalue weighted by Crippen LogP contribution is 2.25. The Morgan fingerprint density at radius 3 is 1.53 bits per heavy atom. The zero-order chi connectivity index (χ0) is 14.5. The second kappa shape index (κ2) is 7.11. The van der Waals surface area contributed by atoms with Crippen LogP contribution in [0.5, 0.6) is 0 Å². The van der Waals surface area contributed by atoms with Gasteiger partial charge in [0.25, 0.3) is 0 Å². The molecule has 10 heteroatoms. The predicted octanol–water partition coefficient (Wildman–Crippen LogP) is 4.15. The van der Waals surface area contributed by atoms with Crippen molar-refractivity contribution in [3.8, 4) is 0 Å². The second-order valence-corrected chi connectivity index (χ2v) is 5.06. The quantitative estimate of drug-likeness (QED) is 0.601. The number of rotatable bonds is 0. The molecule has 0 aromatic carbocycles. The minimum Gasteiger partial charge on any atom is -0.232 e. The van der Waals surface area contributed by atoms with Gasteiger partial charge in [-0.1, -0.05) is 0 Å². The number of aromatic nitrogens is 4. The molecule has 2 aromatic heterocycles. The van der Waals surface area contributed by atoms with Crippen LogP contribution < -0.4 is 0 Å². The molecule has 2 rings (SSSR count). The van der Waals surface area contributed by atoms with Crippen molar-refractivity contribution in [2.45, 2.75) is 6.18 Å². The van der Waals surface area contributed by atoms with Crippen LogP contribution in [0.2, 0.25) is 5.28 Å². The summed E-state index contributed by atoms with van der Waals surface area (Å²) in [5.41, 5.74) is 0. The topological polar surface area (TPSA) is 51.6 Å². The minimum atomic E-state index is -4.46. The first-order chi connectivity index (χ1) is 8.79. The molecule has 0 bridgehead atoms. The van der Waals surface area contributed by atoms with E-state index < -0.39 is 12.0 Å². The molecule has 0 atom stereocenters. The first-order valence-corrected chi connectivity index (χ1v) is 6.43. The van der Waals surface area contributed by atoms with Crippen LogP contribution in [0.1, 0.15) is 5.82 Å². The van der Waals surface area contributed by atoms with Gasteiger partial charge in [0.15, 0.2) is 0 Å². The van der Waals surface area contributed by atoms with Crippen LogP contribution in [0.4, 0.5) is 13.2 Å². The molecule has 0 unspecified atom stereocenters. The molecule has 0 spiro atoms. The first kappa shape index (κ1) is 16.3. The molecule has 0 amide bonds. The van der Waals surface area contributed by atoms with Gasteiger partial charge in [0, 0.05) is 24.8 Å². The highest BCUT2D eigenvalue weighted by atomic mass is 79.9. The van der Waals surface area contributed by atoms with E-state index in [1.54, 1.807) is 12.4 Å². The maximum atomic E-state index is 11.8. The van der Waals surface area contributed by atoms with Crippen molar-refractivity contribution in [2.75, 3.05) is 0 Å². The van der Waals surface area contributed by atoms with E-state index in [2.05, 4.69) is 51.8 Å². The molecule has 0 aliphatic carbocycles. The van der Waals surface area contributed by atoms with Gasteiger partial charge in [-0.2, -0.15) is 13.2 Å². The van der Waals surface area contributed by atoms with Gasteiger partial charge >= 0.3 is 6.18 Å². The van der Waals surface area contributed by atoms with Gasteiger partial charge in [-0.15, -0.1) is 0 Å². The van der Waals surface area contributed by atoms with Gasteiger partial charge < -0.3 is 0 Å². The molecular weight excluding hydrogens is 416 g/mol. The zero-order valence-corrected chi connectivity index (χ0v) is 12.8. The lowest BCUT2D eigenvalue weighted by Crippen LogP contribution is -2.09. The number of hydrogen-bond donors (Lipinski definition) is 0. The molecule has 102 valence electrons. The van der Waals surface area contributed by atoms with E-state index in [0.717, 1.165) is 16.9 Å². The molecule has 0 fully saturated rings. The minimum absolute atomic E-state index is 0.271. The van der Waals surface area contributed by atoms with Crippen LogP contribution in [0.25, 0.3) is 0 Å². The number of nitrogens with zero attached hydrogens (tertiary/aromatic N) is 4. The molecule has 0 aliphatic heterocycles. The normalized spacial score (nSPS) is 10.6. The molecule has 0 N–H and O–H groups in total. The molecule has 0 aliphatic rings. The van der Waals surface area contributed by atoms with Gasteiger partial charge in [0.2, 0.25) is 11.1 Å². The number of alkyl halides is 3. The van der Waals surface area contributed by atoms with E-state index in [-0.39, 0.29) is 5.28 Å². The van der Waals surface area contributed by atoms with Crippen LogP contribution in [0.3, 0.4) is 0 Å². The standard InChI is InChI=1S/C5H2BrF3N2.C4H2BrClN2/c6-3-1-10-4(11-2-3)5(7,8)9;5-3-1-7-4(6)8-2-3/h1-2H;1-2H. The summed E-state index contributed by atoms with van der Waals surface area (Å²) in [5, 5.41) is 0.271. The van der Waals surface area contributed by atoms with Crippen LogP contribution in [-0.4, -0.2) is 19.9 Å². The van der Waals surface area contributed by atoms with E-state index in [4.69, 9.17) is 11.6 Å². The van der Waals surface area contributed by atoms with Crippen LogP contribution in [-0.2, 0) is 6.18 Å². The highest BCUT2D eigenvalue weighted by Gasteiger charge is 2.34. The van der Waals surface area contributed by atoms with Crippen molar-refractivity contribution >= 4 is 43.5 Å². The van der Waals surface area contributed by atoms with Crippen molar-refractivity contribution in [1.29, 1.82) is 0 Å². The summed E-state index contributed by atoms with van der Waals surface area (Å²) in [6, 6.07) is 0. The highest BCUT2D eigenvalue weighted by molar-refractivity contribution is 9.10. The van der Waals surface area contributed by atoms with E-state index in [1.807, 2.05) is 0 Å². The van der Waals surface area contributed by atoms with Crippen molar-refractivity contribution in [2.24, 2.45) is 0 Å². The Kier molecular flexibility index (Phi) is 6.08. The van der Waals surface area contributed by atoms with Gasteiger partial charge in [0.05, 0.1) is 8.95 Å². The van der Waals surface area contributed by atoms with Crippen LogP contribution in [0, 0.1) is 0 Å². The summed E-state index contributed by atoms with van der Waals surface area (Å²) in [5.74, 6) is -1.12. The average molecular weight is 420 g/mol. The summed E-state index contributed by atoms with van der Waals surface area (Å²) in [4.78, 5) is 13.5. The number of halogens is 6. The third-order valence-electron chi connectivity index (χ3n) is 1.46. The van der Waals surface area contributed by atoms with Crippen LogP contribution >= 0.6 is 43.5 Å². The van der Waals surface area contributed by atoms with Crippen molar-refractivity contribution in [3.63, 3.8) is 0 Å². The summed E-state index contributed by atoms with van der Waals surface area (Å²) >= 11 is 11.5. The Hall–Kier alpha value is -0.800. The Labute approximate surface area is 127 Å². The van der Waals surface area contributed by atoms with Gasteiger partial charge in [-0.25, -0.2) is 19.9 Å². The molecule has 2 aromatic rings. The largest absolute Gasteiger partial charge is 0.451 e. The van der Waals surface area contributed by atoms with E-state index in [1.165, 1.54) is 0 Å². The Bertz CT molecular complexity index is 497. The summed E-state index contributed by atoms with van der Waals surface area (Å²) < 4.78 is 36.6. The summed E-state index contributed by atoms with van der Waals surface area (Å²) in [6.45, 7) is 0. The molecule has 0 saturated heterocycles. The molecule has 19 heavy (non-hydrogen) atoms. The van der Waals surface area contributed by atoms with Crippen molar-refractivity contribution in [3.05, 3.63) is 44.8 Å². The second-order valence-electron chi connectivity index (χ2n) is 2.89. The Morgan fingerprint density at radius 2 is 1.21 bits per heavy atom. The molecule has 0 saturated carbocycles. The predicted molar refractivity (Wildman–Crippen MR) is 69.5 cm³/mol. The maximum Gasteiger partial charge on any atom is 0.451 e. The van der Waals surface area contributed by atoms with E-state index >= 15 is 0 Å². The van der Waals surface area contributed by atoms with Gasteiger partial charge in [0.1, 0.15) is 0 Å². The van der Waals surface area contributed by atoms with E-state index in [9.17, 15) is 13.2 Å². The molecule has 0 radical (unpaired) electrons. The van der Waals surface area contributed by atoms with E-state index in [0.29, 0.717) is 4.47 Å². The van der Waals surface area contributed by atoms with Gasteiger partial charge in [-0.3, -0.25) is 0 Å². The van der Waals surface area contributed by atoms with Gasteiger partial charge in [-0.05, 0) is 43.5 Å². The fourth-order valence-corrected chi connectivity index (χ4v) is 1.26. The SMILES string of the molecule is Clc1ncc(Br)cn1.FC(F)(F)c1ncc(Br)cn1. The smallest absolute Gasteiger partial charge is 0.232 e. The Balaban J connectivity index is 0.000000200. The van der Waals surface area contributed by atoms with Crippen molar-refractivity contribution < 1.29 is 13.2 Å². The lowest BCUT2D eigenvalue weighted by Gasteiger charge is -2.02. The third kappa shape index (κ3) is 6.26. The fourth-order valence-electron chi connectivity index (χ4n) is 0.755. The average Bonchev–Trinajstić information content (AvgIpc) is 2.33. The summed E-state index contributed by atoms with van der Waals surface area (Å²) in [6.07, 6.45) is 0.830. The fraction of sp³-hybridized carbons (Fsp3) is 0.111. The first-order valence-electron chi connectivity index (χ1n) is 4.47. The molecule has 4 nitrogen and oxygen atoms in total. The summed E-state index contributed by atoms with van der Waals surface area (Å²) in [7, 11) is 0. The number of hydrogen-bond acceptors (Lipinski definition) is 4. The monoisotopic (exact) mass is 418 g/mol. The maximum absolute atomic E-state index is 11.8. The molecule has 2 heterocycles.